The minimum absolute atomic E-state index is 0.305. The van der Waals surface area contributed by atoms with Crippen LogP contribution in [0.3, 0.4) is 0 Å². The molecule has 5 nitrogen and oxygen atoms in total. The van der Waals surface area contributed by atoms with E-state index >= 15 is 0 Å². The zero-order valence-electron chi connectivity index (χ0n) is 12.5. The third-order valence-corrected chi connectivity index (χ3v) is 3.67. The van der Waals surface area contributed by atoms with E-state index < -0.39 is 0 Å². The van der Waals surface area contributed by atoms with Crippen LogP contribution in [0.5, 0.6) is 0 Å². The van der Waals surface area contributed by atoms with Gasteiger partial charge in [0.05, 0.1) is 5.69 Å². The highest BCUT2D eigenvalue weighted by Gasteiger charge is 2.27. The third-order valence-electron chi connectivity index (χ3n) is 3.67. The second-order valence-electron chi connectivity index (χ2n) is 4.95. The van der Waals surface area contributed by atoms with E-state index in [-0.39, 0.29) is 0 Å². The summed E-state index contributed by atoms with van der Waals surface area (Å²) in [5, 5.41) is 4.40. The largest absolute Gasteiger partial charge is 0.368 e. The number of nitrogen functional groups attached to an aromatic ring is 1. The highest BCUT2D eigenvalue weighted by molar-refractivity contribution is 5.83. The number of aryl methyl sites for hydroxylation is 1. The van der Waals surface area contributed by atoms with Crippen LogP contribution < -0.4 is 5.73 Å². The van der Waals surface area contributed by atoms with Gasteiger partial charge in [0.15, 0.2) is 6.54 Å². The van der Waals surface area contributed by atoms with Gasteiger partial charge in [0.1, 0.15) is 0 Å². The minimum atomic E-state index is 0.305. The fourth-order valence-corrected chi connectivity index (χ4v) is 2.59. The Balaban J connectivity index is 2.05. The number of nitrogens with zero attached hydrogens (tertiary/aromatic N) is 4. The Morgan fingerprint density at radius 1 is 1.38 bits per heavy atom. The Hall–Kier alpha value is -2.56. The molecular formula is C16H18N5+. The number of anilines is 1. The standard InChI is InChI=1S/C16H18N5/c1-4-12(13-9-18-16(17)19-10(13)3)11-6-7-14-15(8-11)21(5-2)20-14/h4,6-9H,5H2,1-3H3,(H2,17,18,19)/q+1/b12-4-. The zero-order chi connectivity index (χ0) is 15.0. The number of hydrogen-bond donors (Lipinski definition) is 1. The molecule has 21 heavy (non-hydrogen) atoms. The topological polar surface area (TPSA) is 67.2 Å². The fraction of sp³-hybridized carbons (Fsp3) is 0.250. The molecule has 2 N–H and O–H groups in total. The van der Waals surface area contributed by atoms with E-state index in [0.717, 1.165) is 34.6 Å². The summed E-state index contributed by atoms with van der Waals surface area (Å²) in [6, 6.07) is 6.30. The number of rotatable bonds is 3. The van der Waals surface area contributed by atoms with E-state index in [9.17, 15) is 0 Å². The second kappa shape index (κ2) is 5.09. The van der Waals surface area contributed by atoms with Gasteiger partial charge in [0.25, 0.3) is 5.69 Å². The maximum atomic E-state index is 5.64. The molecule has 0 amide bonds. The van der Waals surface area contributed by atoms with E-state index in [0.29, 0.717) is 5.95 Å². The Morgan fingerprint density at radius 3 is 2.86 bits per heavy atom. The lowest BCUT2D eigenvalue weighted by Crippen LogP contribution is -2.09. The number of hydrogen-bond acceptors (Lipinski definition) is 4. The Kier molecular flexibility index (Phi) is 3.25. The Labute approximate surface area is 123 Å². The predicted molar refractivity (Wildman–Crippen MR) is 82.9 cm³/mol. The number of azo groups is 2. The summed E-state index contributed by atoms with van der Waals surface area (Å²) >= 11 is 0. The Bertz CT molecular complexity index is 774. The van der Waals surface area contributed by atoms with Crippen molar-refractivity contribution >= 4 is 22.9 Å². The van der Waals surface area contributed by atoms with Crippen molar-refractivity contribution in [3.8, 4) is 0 Å². The molecule has 0 bridgehead atoms. The van der Waals surface area contributed by atoms with Crippen LogP contribution in [-0.2, 0) is 0 Å². The van der Waals surface area contributed by atoms with Gasteiger partial charge in [0, 0.05) is 22.9 Å². The van der Waals surface area contributed by atoms with Crippen LogP contribution in [-0.4, -0.2) is 21.2 Å². The van der Waals surface area contributed by atoms with Gasteiger partial charge in [-0.15, -0.1) is 0 Å². The van der Waals surface area contributed by atoms with Crippen LogP contribution in [0.1, 0.15) is 30.7 Å². The molecule has 1 aromatic heterocycles. The number of aromatic nitrogens is 2. The van der Waals surface area contributed by atoms with E-state index in [1.807, 2.05) is 24.6 Å². The molecule has 2 aromatic rings. The van der Waals surface area contributed by atoms with Crippen molar-refractivity contribution in [1.29, 1.82) is 0 Å². The van der Waals surface area contributed by atoms with Gasteiger partial charge >= 0.3 is 0 Å². The lowest BCUT2D eigenvalue weighted by Gasteiger charge is -2.13. The van der Waals surface area contributed by atoms with Crippen LogP contribution in [0.4, 0.5) is 17.3 Å². The summed E-state index contributed by atoms with van der Waals surface area (Å²) in [4.78, 5) is 8.37. The highest BCUT2D eigenvalue weighted by atomic mass is 15.3. The molecule has 0 radical (unpaired) electrons. The van der Waals surface area contributed by atoms with Gasteiger partial charge in [-0.05, 0) is 38.0 Å². The summed E-state index contributed by atoms with van der Waals surface area (Å²) in [7, 11) is 0. The van der Waals surface area contributed by atoms with Gasteiger partial charge < -0.3 is 5.73 Å². The third kappa shape index (κ3) is 2.20. The van der Waals surface area contributed by atoms with Crippen molar-refractivity contribution < 1.29 is 4.70 Å². The molecule has 106 valence electrons. The number of nitrogens with two attached hydrogens (primary N) is 1. The van der Waals surface area contributed by atoms with Gasteiger partial charge in [0.2, 0.25) is 11.6 Å². The van der Waals surface area contributed by atoms with E-state index in [2.05, 4.69) is 40.2 Å². The normalized spacial score (nSPS) is 13.5. The van der Waals surface area contributed by atoms with Crippen LogP contribution in [0, 0.1) is 6.92 Å². The first-order valence-electron chi connectivity index (χ1n) is 7.03. The SMILES string of the molecule is C/C=C(/c1ccc2c(c1)[N+](CC)=N2)c1cnc(N)nc1C. The monoisotopic (exact) mass is 280 g/mol. The maximum absolute atomic E-state index is 5.64. The van der Waals surface area contributed by atoms with Crippen molar-refractivity contribution in [3.63, 3.8) is 0 Å². The van der Waals surface area contributed by atoms with Gasteiger partial charge in [-0.25, -0.2) is 9.97 Å². The predicted octanol–water partition coefficient (Wildman–Crippen LogP) is 3.58. The average Bonchev–Trinajstić information content (AvgIpc) is 2.44. The van der Waals surface area contributed by atoms with Crippen molar-refractivity contribution in [2.24, 2.45) is 5.11 Å². The van der Waals surface area contributed by atoms with Crippen LogP contribution in [0.2, 0.25) is 0 Å². The molecule has 0 aliphatic carbocycles. The number of fused-ring (bicyclic) bond motifs is 1. The maximum Gasteiger partial charge on any atom is 0.264 e. The zero-order valence-corrected chi connectivity index (χ0v) is 12.5. The first kappa shape index (κ1) is 13.4. The minimum Gasteiger partial charge on any atom is -0.368 e. The van der Waals surface area contributed by atoms with Gasteiger partial charge in [-0.2, -0.15) is 0 Å². The van der Waals surface area contributed by atoms with Crippen molar-refractivity contribution in [3.05, 3.63) is 47.3 Å². The molecule has 0 saturated carbocycles. The molecule has 0 spiro atoms. The molecule has 3 rings (SSSR count). The number of benzene rings is 1. The molecule has 0 unspecified atom stereocenters. The Morgan fingerprint density at radius 2 is 2.19 bits per heavy atom. The molecule has 0 saturated heterocycles. The summed E-state index contributed by atoms with van der Waals surface area (Å²) in [6.07, 6.45) is 3.87. The first-order chi connectivity index (χ1) is 10.1. The number of allylic oxidation sites excluding steroid dienone is 1. The molecule has 1 aromatic carbocycles. The quantitative estimate of drug-likeness (QED) is 0.874. The summed E-state index contributed by atoms with van der Waals surface area (Å²) in [5.41, 5.74) is 12.0. The average molecular weight is 280 g/mol. The second-order valence-corrected chi connectivity index (χ2v) is 4.95. The highest BCUT2D eigenvalue weighted by Crippen LogP contribution is 2.39. The van der Waals surface area contributed by atoms with E-state index in [4.69, 9.17) is 5.73 Å². The van der Waals surface area contributed by atoms with E-state index in [1.54, 1.807) is 6.20 Å². The molecule has 1 aliphatic rings. The van der Waals surface area contributed by atoms with Crippen LogP contribution in [0.15, 0.2) is 35.6 Å². The molecule has 1 aliphatic heterocycles. The lowest BCUT2D eigenvalue weighted by atomic mass is 9.96. The molecule has 0 atom stereocenters. The van der Waals surface area contributed by atoms with Crippen LogP contribution in [0.25, 0.3) is 5.57 Å². The summed E-state index contributed by atoms with van der Waals surface area (Å²) in [5.74, 6) is 0.305. The molecule has 2 heterocycles. The molecule has 0 fully saturated rings. The summed E-state index contributed by atoms with van der Waals surface area (Å²) < 4.78 is 2.00. The fourth-order valence-electron chi connectivity index (χ4n) is 2.59. The van der Waals surface area contributed by atoms with E-state index in [1.165, 1.54) is 5.69 Å². The lowest BCUT2D eigenvalue weighted by molar-refractivity contribution is -0.521. The van der Waals surface area contributed by atoms with Gasteiger partial charge in [-0.1, -0.05) is 16.8 Å². The van der Waals surface area contributed by atoms with Crippen molar-refractivity contribution in [1.82, 2.24) is 9.97 Å². The summed E-state index contributed by atoms with van der Waals surface area (Å²) in [6.45, 7) is 6.94. The molecular weight excluding hydrogens is 262 g/mol. The smallest absolute Gasteiger partial charge is 0.264 e. The van der Waals surface area contributed by atoms with Crippen molar-refractivity contribution in [2.45, 2.75) is 20.8 Å². The van der Waals surface area contributed by atoms with Crippen LogP contribution >= 0.6 is 0 Å². The first-order valence-corrected chi connectivity index (χ1v) is 7.03. The molecule has 5 heteroatoms. The van der Waals surface area contributed by atoms with Crippen molar-refractivity contribution in [2.75, 3.05) is 12.3 Å². The van der Waals surface area contributed by atoms with Gasteiger partial charge in [-0.3, -0.25) is 0 Å².